The van der Waals surface area contributed by atoms with Crippen molar-refractivity contribution in [3.63, 3.8) is 0 Å². The van der Waals surface area contributed by atoms with E-state index in [4.69, 9.17) is 0 Å². The topological polar surface area (TPSA) is 57.8 Å². The number of nitrogens with zero attached hydrogens (tertiary/aromatic N) is 1. The molecular formula is C16H18F3N3O. The van der Waals surface area contributed by atoms with Crippen molar-refractivity contribution in [1.82, 2.24) is 15.3 Å². The maximum Gasteiger partial charge on any atom is 0.433 e. The number of hydrogen-bond acceptors (Lipinski definition) is 2. The Kier molecular flexibility index (Phi) is 4.77. The van der Waals surface area contributed by atoms with Crippen LogP contribution in [0.3, 0.4) is 0 Å². The Balaban J connectivity index is 2.25. The zero-order valence-corrected chi connectivity index (χ0v) is 13.1. The number of amides is 1. The molecule has 23 heavy (non-hydrogen) atoms. The minimum atomic E-state index is -4.44. The number of halogens is 3. The maximum atomic E-state index is 12.5. The number of H-pyrrole nitrogens is 1. The number of aromatic amines is 1. The molecule has 0 unspecified atom stereocenters. The third-order valence-corrected chi connectivity index (χ3v) is 3.65. The normalized spacial score (nSPS) is 11.6. The second-order valence-corrected chi connectivity index (χ2v) is 5.31. The van der Waals surface area contributed by atoms with Crippen molar-refractivity contribution in [2.45, 2.75) is 33.4 Å². The molecule has 1 amide bonds. The number of carbonyl (C=O) groups excluding carboxylic acids is 1. The van der Waals surface area contributed by atoms with E-state index in [0.717, 1.165) is 22.9 Å². The Labute approximate surface area is 132 Å². The van der Waals surface area contributed by atoms with Crippen molar-refractivity contribution < 1.29 is 18.0 Å². The molecule has 0 radical (unpaired) electrons. The molecule has 124 valence electrons. The van der Waals surface area contributed by atoms with Crippen LogP contribution >= 0.6 is 0 Å². The number of aromatic nitrogens is 2. The first-order valence-electron chi connectivity index (χ1n) is 7.22. The van der Waals surface area contributed by atoms with E-state index < -0.39 is 11.9 Å². The monoisotopic (exact) mass is 325 g/mol. The minimum absolute atomic E-state index is 0.190. The molecule has 0 saturated heterocycles. The number of carbonyl (C=O) groups is 1. The molecule has 0 fully saturated rings. The van der Waals surface area contributed by atoms with Gasteiger partial charge in [0.15, 0.2) is 0 Å². The number of rotatable bonds is 4. The van der Waals surface area contributed by atoms with Gasteiger partial charge in [-0.1, -0.05) is 6.07 Å². The van der Waals surface area contributed by atoms with Crippen molar-refractivity contribution in [3.8, 4) is 0 Å². The lowest BCUT2D eigenvalue weighted by molar-refractivity contribution is -0.141. The Morgan fingerprint density at radius 2 is 2.00 bits per heavy atom. The van der Waals surface area contributed by atoms with Gasteiger partial charge in [0.1, 0.15) is 11.4 Å². The number of hydrogen-bond donors (Lipinski definition) is 2. The van der Waals surface area contributed by atoms with Gasteiger partial charge in [0.25, 0.3) is 5.91 Å². The fourth-order valence-corrected chi connectivity index (χ4v) is 2.43. The second-order valence-electron chi connectivity index (χ2n) is 5.31. The lowest BCUT2D eigenvalue weighted by Crippen LogP contribution is -2.23. The van der Waals surface area contributed by atoms with Crippen LogP contribution in [0, 0.1) is 13.8 Å². The van der Waals surface area contributed by atoms with Gasteiger partial charge in [0.05, 0.1) is 0 Å². The van der Waals surface area contributed by atoms with E-state index in [2.05, 4.69) is 15.3 Å². The van der Waals surface area contributed by atoms with Gasteiger partial charge in [-0.25, -0.2) is 0 Å². The summed E-state index contributed by atoms with van der Waals surface area (Å²) in [6.07, 6.45) is -2.80. The first kappa shape index (κ1) is 17.1. The molecule has 2 N–H and O–H groups in total. The average molecular weight is 325 g/mol. The highest BCUT2D eigenvalue weighted by molar-refractivity contribution is 5.94. The largest absolute Gasteiger partial charge is 0.433 e. The van der Waals surface area contributed by atoms with Gasteiger partial charge in [-0.2, -0.15) is 13.2 Å². The smallest absolute Gasteiger partial charge is 0.354 e. The minimum Gasteiger partial charge on any atom is -0.354 e. The van der Waals surface area contributed by atoms with Gasteiger partial charge in [-0.05, 0) is 43.5 Å². The molecule has 2 heterocycles. The molecule has 0 bridgehead atoms. The van der Waals surface area contributed by atoms with E-state index in [-0.39, 0.29) is 5.91 Å². The van der Waals surface area contributed by atoms with Gasteiger partial charge in [-0.3, -0.25) is 9.78 Å². The Bertz CT molecular complexity index is 703. The SMILES string of the molecule is CCNC(=O)c1[nH]c(C)c(Cc2ccc(C(F)(F)F)nc2)c1C. The summed E-state index contributed by atoms with van der Waals surface area (Å²) in [4.78, 5) is 18.5. The summed E-state index contributed by atoms with van der Waals surface area (Å²) in [6, 6.07) is 2.38. The summed E-state index contributed by atoms with van der Waals surface area (Å²) in [5.74, 6) is -0.190. The molecule has 0 aliphatic heterocycles. The van der Waals surface area contributed by atoms with Crippen LogP contribution < -0.4 is 5.32 Å². The molecular weight excluding hydrogens is 307 g/mol. The fraction of sp³-hybridized carbons (Fsp3) is 0.375. The van der Waals surface area contributed by atoms with Crippen molar-refractivity contribution in [1.29, 1.82) is 0 Å². The molecule has 4 nitrogen and oxygen atoms in total. The van der Waals surface area contributed by atoms with E-state index in [1.807, 2.05) is 20.8 Å². The molecule has 0 aliphatic carbocycles. The number of nitrogens with one attached hydrogen (secondary N) is 2. The fourth-order valence-electron chi connectivity index (χ4n) is 2.43. The molecule has 0 spiro atoms. The van der Waals surface area contributed by atoms with E-state index in [1.54, 1.807) is 0 Å². The Morgan fingerprint density at radius 1 is 1.30 bits per heavy atom. The number of alkyl halides is 3. The molecule has 0 aromatic carbocycles. The second kappa shape index (κ2) is 6.44. The average Bonchev–Trinajstić information content (AvgIpc) is 2.75. The van der Waals surface area contributed by atoms with Crippen LogP contribution in [-0.4, -0.2) is 22.4 Å². The molecule has 0 saturated carbocycles. The van der Waals surface area contributed by atoms with E-state index in [1.165, 1.54) is 12.3 Å². The van der Waals surface area contributed by atoms with Crippen molar-refractivity contribution in [3.05, 3.63) is 52.1 Å². The van der Waals surface area contributed by atoms with Gasteiger partial charge in [0.2, 0.25) is 0 Å². The zero-order valence-electron chi connectivity index (χ0n) is 13.1. The zero-order chi connectivity index (χ0) is 17.2. The molecule has 7 heteroatoms. The number of aryl methyl sites for hydroxylation is 1. The van der Waals surface area contributed by atoms with Crippen LogP contribution in [0.5, 0.6) is 0 Å². The summed E-state index contributed by atoms with van der Waals surface area (Å²) >= 11 is 0. The third-order valence-electron chi connectivity index (χ3n) is 3.65. The van der Waals surface area contributed by atoms with Gasteiger partial charge in [-0.15, -0.1) is 0 Å². The van der Waals surface area contributed by atoms with Crippen LogP contribution in [0.4, 0.5) is 13.2 Å². The lowest BCUT2D eigenvalue weighted by atomic mass is 10.0. The van der Waals surface area contributed by atoms with Crippen LogP contribution in [0.25, 0.3) is 0 Å². The van der Waals surface area contributed by atoms with Gasteiger partial charge < -0.3 is 10.3 Å². The van der Waals surface area contributed by atoms with Crippen molar-refractivity contribution in [2.24, 2.45) is 0 Å². The Morgan fingerprint density at radius 3 is 2.52 bits per heavy atom. The van der Waals surface area contributed by atoms with E-state index in [9.17, 15) is 18.0 Å². The lowest BCUT2D eigenvalue weighted by Gasteiger charge is -2.07. The maximum absolute atomic E-state index is 12.5. The van der Waals surface area contributed by atoms with E-state index in [0.29, 0.717) is 24.2 Å². The quantitative estimate of drug-likeness (QED) is 0.905. The first-order chi connectivity index (χ1) is 10.7. The van der Waals surface area contributed by atoms with Crippen LogP contribution in [0.2, 0.25) is 0 Å². The van der Waals surface area contributed by atoms with Crippen molar-refractivity contribution >= 4 is 5.91 Å². The van der Waals surface area contributed by atoms with Gasteiger partial charge in [0, 0.05) is 24.9 Å². The summed E-state index contributed by atoms with van der Waals surface area (Å²) in [5, 5.41) is 2.72. The predicted octanol–water partition coefficient (Wildman–Crippen LogP) is 3.39. The standard InChI is InChI=1S/C16H18F3N3O/c1-4-20-15(23)14-9(2)12(10(3)22-14)7-11-5-6-13(21-8-11)16(17,18)19/h5-6,8,22H,4,7H2,1-3H3,(H,20,23). The molecule has 0 aliphatic rings. The van der Waals surface area contributed by atoms with Crippen LogP contribution in [0.15, 0.2) is 18.3 Å². The first-order valence-corrected chi connectivity index (χ1v) is 7.22. The molecule has 2 aromatic rings. The molecule has 2 rings (SSSR count). The highest BCUT2D eigenvalue weighted by atomic mass is 19.4. The Hall–Kier alpha value is -2.31. The van der Waals surface area contributed by atoms with Crippen molar-refractivity contribution in [2.75, 3.05) is 6.54 Å². The molecule has 2 aromatic heterocycles. The number of pyridine rings is 1. The van der Waals surface area contributed by atoms with Crippen LogP contribution in [0.1, 0.15) is 45.5 Å². The summed E-state index contributed by atoms with van der Waals surface area (Å²) in [6.45, 7) is 6.01. The van der Waals surface area contributed by atoms with E-state index >= 15 is 0 Å². The van der Waals surface area contributed by atoms with Gasteiger partial charge >= 0.3 is 6.18 Å². The predicted molar refractivity (Wildman–Crippen MR) is 80.3 cm³/mol. The highest BCUT2D eigenvalue weighted by Crippen LogP contribution is 2.28. The third kappa shape index (κ3) is 3.72. The summed E-state index contributed by atoms with van der Waals surface area (Å²) in [5.41, 5.74) is 2.75. The van der Waals surface area contributed by atoms with Crippen LogP contribution in [-0.2, 0) is 12.6 Å². The highest BCUT2D eigenvalue weighted by Gasteiger charge is 2.32. The summed E-state index contributed by atoms with van der Waals surface area (Å²) in [7, 11) is 0. The summed E-state index contributed by atoms with van der Waals surface area (Å²) < 4.78 is 37.6. The molecule has 0 atom stereocenters.